The van der Waals surface area contributed by atoms with Crippen molar-refractivity contribution in [3.63, 3.8) is 0 Å². The van der Waals surface area contributed by atoms with Crippen molar-refractivity contribution in [1.82, 2.24) is 10.1 Å². The van der Waals surface area contributed by atoms with Crippen LogP contribution in [0.15, 0.2) is 47.0 Å². The van der Waals surface area contributed by atoms with E-state index in [9.17, 15) is 9.90 Å². The van der Waals surface area contributed by atoms with Gasteiger partial charge in [-0.2, -0.15) is 4.98 Å². The van der Waals surface area contributed by atoms with Crippen molar-refractivity contribution in [3.05, 3.63) is 59.2 Å². The zero-order valence-electron chi connectivity index (χ0n) is 14.7. The lowest BCUT2D eigenvalue weighted by atomic mass is 9.85. The Morgan fingerprint density at radius 1 is 1.04 bits per heavy atom. The average molecular weight is 336 g/mol. The van der Waals surface area contributed by atoms with Crippen LogP contribution in [0.3, 0.4) is 0 Å². The molecule has 0 saturated carbocycles. The number of benzene rings is 2. The lowest BCUT2D eigenvalue weighted by molar-refractivity contribution is 0.0696. The SMILES string of the molecule is Cc1ccc(-c2noc(-c3cc(C(=O)O)cc(C(C)(C)C)c3)n2)cc1. The highest BCUT2D eigenvalue weighted by Gasteiger charge is 2.20. The first-order valence-corrected chi connectivity index (χ1v) is 8.04. The minimum absolute atomic E-state index is 0.194. The van der Waals surface area contributed by atoms with E-state index in [0.29, 0.717) is 17.3 Å². The third kappa shape index (κ3) is 3.60. The van der Waals surface area contributed by atoms with Crippen LogP contribution in [-0.2, 0) is 5.41 Å². The maximum absolute atomic E-state index is 11.5. The van der Waals surface area contributed by atoms with Crippen LogP contribution in [0.1, 0.15) is 42.3 Å². The molecule has 0 spiro atoms. The van der Waals surface area contributed by atoms with Gasteiger partial charge in [-0.3, -0.25) is 0 Å². The minimum atomic E-state index is -0.981. The topological polar surface area (TPSA) is 76.2 Å². The Morgan fingerprint density at radius 3 is 2.32 bits per heavy atom. The smallest absolute Gasteiger partial charge is 0.335 e. The fraction of sp³-hybridized carbons (Fsp3) is 0.250. The van der Waals surface area contributed by atoms with Gasteiger partial charge in [-0.05, 0) is 36.1 Å². The number of carboxylic acid groups (broad SMARTS) is 1. The van der Waals surface area contributed by atoms with Crippen molar-refractivity contribution in [2.45, 2.75) is 33.1 Å². The summed E-state index contributed by atoms with van der Waals surface area (Å²) in [4.78, 5) is 15.9. The van der Waals surface area contributed by atoms with Crippen molar-refractivity contribution in [2.75, 3.05) is 0 Å². The number of hydrogen-bond acceptors (Lipinski definition) is 4. The van der Waals surface area contributed by atoms with Crippen LogP contribution in [0.4, 0.5) is 0 Å². The summed E-state index contributed by atoms with van der Waals surface area (Å²) in [7, 11) is 0. The zero-order chi connectivity index (χ0) is 18.2. The predicted molar refractivity (Wildman–Crippen MR) is 95.6 cm³/mol. The molecule has 25 heavy (non-hydrogen) atoms. The van der Waals surface area contributed by atoms with Crippen molar-refractivity contribution < 1.29 is 14.4 Å². The maximum Gasteiger partial charge on any atom is 0.335 e. The Balaban J connectivity index is 2.06. The first-order chi connectivity index (χ1) is 11.7. The van der Waals surface area contributed by atoms with Crippen LogP contribution in [0.2, 0.25) is 0 Å². The zero-order valence-corrected chi connectivity index (χ0v) is 14.7. The fourth-order valence-corrected chi connectivity index (χ4v) is 2.47. The second-order valence-electron chi connectivity index (χ2n) is 7.14. The number of carboxylic acids is 1. The van der Waals surface area contributed by atoms with Crippen LogP contribution in [0.25, 0.3) is 22.8 Å². The van der Waals surface area contributed by atoms with Gasteiger partial charge in [0.15, 0.2) is 0 Å². The van der Waals surface area contributed by atoms with Gasteiger partial charge in [-0.15, -0.1) is 0 Å². The highest BCUT2D eigenvalue weighted by molar-refractivity contribution is 5.89. The van der Waals surface area contributed by atoms with E-state index in [1.807, 2.05) is 58.0 Å². The van der Waals surface area contributed by atoms with Crippen LogP contribution in [0.5, 0.6) is 0 Å². The number of aromatic nitrogens is 2. The van der Waals surface area contributed by atoms with Gasteiger partial charge in [0.1, 0.15) is 0 Å². The molecule has 1 N–H and O–H groups in total. The maximum atomic E-state index is 11.5. The summed E-state index contributed by atoms with van der Waals surface area (Å²) in [5.41, 5.74) is 3.52. The first kappa shape index (κ1) is 16.9. The van der Waals surface area contributed by atoms with E-state index in [-0.39, 0.29) is 11.0 Å². The summed E-state index contributed by atoms with van der Waals surface area (Å²) >= 11 is 0. The number of rotatable bonds is 3. The molecule has 3 aromatic rings. The summed E-state index contributed by atoms with van der Waals surface area (Å²) in [6.45, 7) is 8.10. The number of nitrogens with zero attached hydrogens (tertiary/aromatic N) is 2. The van der Waals surface area contributed by atoms with Gasteiger partial charge in [-0.1, -0.05) is 55.8 Å². The van der Waals surface area contributed by atoms with Crippen LogP contribution >= 0.6 is 0 Å². The van der Waals surface area contributed by atoms with Gasteiger partial charge >= 0.3 is 5.97 Å². The molecular formula is C20H20N2O3. The van der Waals surface area contributed by atoms with E-state index in [1.54, 1.807) is 12.1 Å². The van der Waals surface area contributed by atoms with E-state index < -0.39 is 5.97 Å². The van der Waals surface area contributed by atoms with Crippen molar-refractivity contribution in [1.29, 1.82) is 0 Å². The fourth-order valence-electron chi connectivity index (χ4n) is 2.47. The average Bonchev–Trinajstić information content (AvgIpc) is 3.04. The molecule has 0 aliphatic rings. The number of aryl methyl sites for hydroxylation is 1. The molecular weight excluding hydrogens is 316 g/mol. The minimum Gasteiger partial charge on any atom is -0.478 e. The van der Waals surface area contributed by atoms with Crippen molar-refractivity contribution >= 4 is 5.97 Å². The monoisotopic (exact) mass is 336 g/mol. The van der Waals surface area contributed by atoms with E-state index >= 15 is 0 Å². The largest absolute Gasteiger partial charge is 0.478 e. The normalized spacial score (nSPS) is 11.5. The lowest BCUT2D eigenvalue weighted by Crippen LogP contribution is -2.12. The number of hydrogen-bond donors (Lipinski definition) is 1. The van der Waals surface area contributed by atoms with Gasteiger partial charge < -0.3 is 9.63 Å². The molecule has 0 radical (unpaired) electrons. The first-order valence-electron chi connectivity index (χ1n) is 8.04. The van der Waals surface area contributed by atoms with E-state index in [1.165, 1.54) is 0 Å². The second-order valence-corrected chi connectivity index (χ2v) is 7.14. The molecule has 2 aromatic carbocycles. The van der Waals surface area contributed by atoms with Gasteiger partial charge in [0.05, 0.1) is 5.56 Å². The summed E-state index contributed by atoms with van der Waals surface area (Å²) in [6, 6.07) is 13.0. The molecule has 0 aliphatic heterocycles. The van der Waals surface area contributed by atoms with Gasteiger partial charge in [0.25, 0.3) is 5.89 Å². The molecule has 5 nitrogen and oxygen atoms in total. The molecule has 1 heterocycles. The summed E-state index contributed by atoms with van der Waals surface area (Å²) in [5.74, 6) is -0.192. The predicted octanol–water partition coefficient (Wildman–Crippen LogP) is 4.71. The molecule has 0 atom stereocenters. The highest BCUT2D eigenvalue weighted by Crippen LogP contribution is 2.30. The quantitative estimate of drug-likeness (QED) is 0.749. The Hall–Kier alpha value is -2.95. The van der Waals surface area contributed by atoms with Crippen molar-refractivity contribution in [3.8, 4) is 22.8 Å². The molecule has 0 amide bonds. The molecule has 0 aliphatic carbocycles. The third-order valence-electron chi connectivity index (χ3n) is 4.03. The van der Waals surface area contributed by atoms with E-state index in [2.05, 4.69) is 10.1 Å². The Labute approximate surface area is 146 Å². The number of aromatic carboxylic acids is 1. The standard InChI is InChI=1S/C20H20N2O3/c1-12-5-7-13(8-6-12)17-21-18(25-22-17)14-9-15(19(23)24)11-16(10-14)20(2,3)4/h5-11H,1-4H3,(H,23,24). The Bertz CT molecular complexity index is 919. The Kier molecular flexibility index (Phi) is 4.17. The highest BCUT2D eigenvalue weighted by atomic mass is 16.5. The molecule has 128 valence electrons. The molecule has 0 bridgehead atoms. The second kappa shape index (κ2) is 6.16. The van der Waals surface area contributed by atoms with Crippen LogP contribution in [-0.4, -0.2) is 21.2 Å². The molecule has 0 saturated heterocycles. The van der Waals surface area contributed by atoms with Crippen LogP contribution < -0.4 is 0 Å². The molecule has 1 aromatic heterocycles. The van der Waals surface area contributed by atoms with E-state index in [0.717, 1.165) is 16.7 Å². The third-order valence-corrected chi connectivity index (χ3v) is 4.03. The lowest BCUT2D eigenvalue weighted by Gasteiger charge is -2.20. The molecule has 3 rings (SSSR count). The number of carbonyl (C=O) groups is 1. The van der Waals surface area contributed by atoms with Gasteiger partial charge in [0, 0.05) is 11.1 Å². The van der Waals surface area contributed by atoms with Gasteiger partial charge in [-0.25, -0.2) is 4.79 Å². The Morgan fingerprint density at radius 2 is 1.72 bits per heavy atom. The molecule has 0 fully saturated rings. The van der Waals surface area contributed by atoms with E-state index in [4.69, 9.17) is 4.52 Å². The van der Waals surface area contributed by atoms with Gasteiger partial charge in [0.2, 0.25) is 5.82 Å². The summed E-state index contributed by atoms with van der Waals surface area (Å²) < 4.78 is 5.38. The van der Waals surface area contributed by atoms with Crippen molar-refractivity contribution in [2.24, 2.45) is 0 Å². The molecule has 0 unspecified atom stereocenters. The van der Waals surface area contributed by atoms with Crippen LogP contribution in [0, 0.1) is 6.92 Å². The summed E-state index contributed by atoms with van der Waals surface area (Å²) in [6.07, 6.45) is 0. The molecule has 5 heteroatoms. The summed E-state index contributed by atoms with van der Waals surface area (Å²) in [5, 5.41) is 13.4.